The van der Waals surface area contributed by atoms with Gasteiger partial charge in [-0.2, -0.15) is 0 Å². The molecule has 1 saturated carbocycles. The highest BCUT2D eigenvalue weighted by molar-refractivity contribution is 6.20. The van der Waals surface area contributed by atoms with Crippen LogP contribution in [0, 0.1) is 11.7 Å². The van der Waals surface area contributed by atoms with Crippen LogP contribution < -0.4 is 4.74 Å². The van der Waals surface area contributed by atoms with Gasteiger partial charge in [-0.15, -0.1) is 11.6 Å². The quantitative estimate of drug-likeness (QED) is 0.782. The molecule has 3 nitrogen and oxygen atoms in total. The van der Waals surface area contributed by atoms with Gasteiger partial charge in [0, 0.05) is 18.2 Å². The van der Waals surface area contributed by atoms with Crippen molar-refractivity contribution < 1.29 is 9.13 Å². The Kier molecular flexibility index (Phi) is 3.36. The summed E-state index contributed by atoms with van der Waals surface area (Å²) < 4.78 is 21.1. The van der Waals surface area contributed by atoms with Crippen molar-refractivity contribution in [1.29, 1.82) is 0 Å². The zero-order valence-corrected chi connectivity index (χ0v) is 12.6. The van der Waals surface area contributed by atoms with Crippen molar-refractivity contribution in [2.75, 3.05) is 7.11 Å². The maximum Gasteiger partial charge on any atom is 0.167 e. The second-order valence-electron chi connectivity index (χ2n) is 5.66. The van der Waals surface area contributed by atoms with Crippen LogP contribution in [0.3, 0.4) is 0 Å². The summed E-state index contributed by atoms with van der Waals surface area (Å²) in [7, 11) is 1.47. The van der Waals surface area contributed by atoms with Gasteiger partial charge < -0.3 is 9.30 Å². The molecule has 0 saturated heterocycles. The minimum atomic E-state index is -0.389. The summed E-state index contributed by atoms with van der Waals surface area (Å²) in [6.45, 7) is 4.13. The van der Waals surface area contributed by atoms with E-state index in [9.17, 15) is 4.39 Å². The number of imidazole rings is 1. The molecule has 2 aromatic rings. The largest absolute Gasteiger partial charge is 0.494 e. The lowest BCUT2D eigenvalue weighted by Gasteiger charge is -2.35. The molecule has 1 aliphatic rings. The number of rotatable bonds is 3. The Morgan fingerprint density at radius 3 is 2.70 bits per heavy atom. The minimum absolute atomic E-state index is 0.202. The van der Waals surface area contributed by atoms with Crippen molar-refractivity contribution >= 4 is 22.6 Å². The third-order valence-corrected chi connectivity index (χ3v) is 4.26. The van der Waals surface area contributed by atoms with E-state index in [0.29, 0.717) is 11.6 Å². The molecule has 0 aliphatic heterocycles. The van der Waals surface area contributed by atoms with Gasteiger partial charge in [-0.3, -0.25) is 0 Å². The molecule has 1 aromatic heterocycles. The summed E-state index contributed by atoms with van der Waals surface area (Å²) in [6, 6.07) is 3.56. The van der Waals surface area contributed by atoms with Crippen LogP contribution in [0.15, 0.2) is 12.1 Å². The first kappa shape index (κ1) is 13.7. The summed E-state index contributed by atoms with van der Waals surface area (Å²) in [5, 5.41) is -0.202. The second kappa shape index (κ2) is 4.92. The van der Waals surface area contributed by atoms with Crippen molar-refractivity contribution in [2.24, 2.45) is 5.92 Å². The third kappa shape index (κ3) is 2.06. The summed E-state index contributed by atoms with van der Waals surface area (Å²) in [5.74, 6) is 1.39. The van der Waals surface area contributed by atoms with Crippen molar-refractivity contribution in [3.05, 3.63) is 23.8 Å². The first-order chi connectivity index (χ1) is 9.51. The van der Waals surface area contributed by atoms with Gasteiger partial charge in [0.05, 0.1) is 23.5 Å². The van der Waals surface area contributed by atoms with Gasteiger partial charge in [0.2, 0.25) is 0 Å². The average Bonchev–Trinajstić information content (AvgIpc) is 2.72. The molecule has 1 fully saturated rings. The number of halogens is 2. The molecule has 1 heterocycles. The van der Waals surface area contributed by atoms with Crippen molar-refractivity contribution in [3.63, 3.8) is 0 Å². The number of alkyl halides is 1. The number of nitrogens with zero attached hydrogens (tertiary/aromatic N) is 2. The first-order valence-corrected chi connectivity index (χ1v) is 7.34. The van der Waals surface area contributed by atoms with Crippen LogP contribution in [0.4, 0.5) is 4.39 Å². The molecule has 0 N–H and O–H groups in total. The number of hydrogen-bond donors (Lipinski definition) is 0. The molecule has 0 amide bonds. The fourth-order valence-electron chi connectivity index (χ4n) is 3.01. The monoisotopic (exact) mass is 296 g/mol. The lowest BCUT2D eigenvalue weighted by atomic mass is 9.81. The van der Waals surface area contributed by atoms with Gasteiger partial charge >= 0.3 is 0 Å². The van der Waals surface area contributed by atoms with E-state index in [2.05, 4.69) is 16.5 Å². The van der Waals surface area contributed by atoms with Crippen LogP contribution in [-0.4, -0.2) is 16.7 Å². The molecule has 20 heavy (non-hydrogen) atoms. The van der Waals surface area contributed by atoms with Crippen LogP contribution in [0.25, 0.3) is 11.0 Å². The van der Waals surface area contributed by atoms with E-state index in [0.717, 1.165) is 30.1 Å². The molecule has 1 unspecified atom stereocenters. The summed E-state index contributed by atoms with van der Waals surface area (Å²) >= 11 is 6.25. The third-order valence-electron chi connectivity index (χ3n) is 4.06. The van der Waals surface area contributed by atoms with Gasteiger partial charge in [-0.1, -0.05) is 6.92 Å². The fourth-order valence-corrected chi connectivity index (χ4v) is 3.16. The maximum absolute atomic E-state index is 13.8. The minimum Gasteiger partial charge on any atom is -0.494 e. The molecule has 3 rings (SSSR count). The predicted molar refractivity (Wildman–Crippen MR) is 77.9 cm³/mol. The SMILES string of the molecule is COc1cc2c(cc1F)nc(C(C)Cl)n2C1CC(C)C1. The van der Waals surface area contributed by atoms with Crippen LogP contribution in [0.5, 0.6) is 5.75 Å². The highest BCUT2D eigenvalue weighted by Gasteiger charge is 2.31. The molecular formula is C15H18ClFN2O. The smallest absolute Gasteiger partial charge is 0.167 e. The van der Waals surface area contributed by atoms with Gasteiger partial charge in [0.25, 0.3) is 0 Å². The topological polar surface area (TPSA) is 27.1 Å². The summed E-state index contributed by atoms with van der Waals surface area (Å²) in [5.41, 5.74) is 1.55. The number of methoxy groups -OCH3 is 1. The number of ether oxygens (including phenoxy) is 1. The Morgan fingerprint density at radius 1 is 1.45 bits per heavy atom. The second-order valence-corrected chi connectivity index (χ2v) is 6.32. The van der Waals surface area contributed by atoms with E-state index in [4.69, 9.17) is 16.3 Å². The fraction of sp³-hybridized carbons (Fsp3) is 0.533. The molecule has 5 heteroatoms. The molecule has 1 atom stereocenters. The van der Waals surface area contributed by atoms with E-state index < -0.39 is 0 Å². The van der Waals surface area contributed by atoms with Crippen molar-refractivity contribution in [1.82, 2.24) is 9.55 Å². The number of benzene rings is 1. The van der Waals surface area contributed by atoms with Crippen LogP contribution >= 0.6 is 11.6 Å². The Bertz CT molecular complexity index is 647. The van der Waals surface area contributed by atoms with Crippen molar-refractivity contribution in [2.45, 2.75) is 38.1 Å². The Hall–Kier alpha value is -1.29. The van der Waals surface area contributed by atoms with E-state index >= 15 is 0 Å². The van der Waals surface area contributed by atoms with Crippen LogP contribution in [-0.2, 0) is 0 Å². The molecule has 108 valence electrons. The van der Waals surface area contributed by atoms with Crippen molar-refractivity contribution in [3.8, 4) is 5.75 Å². The van der Waals surface area contributed by atoms with E-state index in [1.165, 1.54) is 13.2 Å². The van der Waals surface area contributed by atoms with E-state index in [1.54, 1.807) is 6.07 Å². The zero-order chi connectivity index (χ0) is 14.4. The van der Waals surface area contributed by atoms with Gasteiger partial charge in [-0.25, -0.2) is 9.37 Å². The number of fused-ring (bicyclic) bond motifs is 1. The lowest BCUT2D eigenvalue weighted by Crippen LogP contribution is -2.26. The lowest BCUT2D eigenvalue weighted by molar-refractivity contribution is 0.216. The van der Waals surface area contributed by atoms with E-state index in [1.807, 2.05) is 6.92 Å². The summed E-state index contributed by atoms with van der Waals surface area (Å²) in [4.78, 5) is 4.51. The number of aromatic nitrogens is 2. The molecule has 0 spiro atoms. The Balaban J connectivity index is 2.19. The molecule has 1 aromatic carbocycles. The molecule has 1 aliphatic carbocycles. The summed E-state index contributed by atoms with van der Waals surface area (Å²) in [6.07, 6.45) is 2.23. The van der Waals surface area contributed by atoms with Crippen LogP contribution in [0.1, 0.15) is 43.9 Å². The Labute approximate surface area is 122 Å². The number of hydrogen-bond acceptors (Lipinski definition) is 2. The van der Waals surface area contributed by atoms with Gasteiger partial charge in [0.1, 0.15) is 5.82 Å². The van der Waals surface area contributed by atoms with Crippen LogP contribution in [0.2, 0.25) is 0 Å². The highest BCUT2D eigenvalue weighted by Crippen LogP contribution is 2.42. The molecule has 0 bridgehead atoms. The normalized spacial score (nSPS) is 23.6. The standard InChI is InChI=1S/C15H18ClFN2O/c1-8-4-10(5-8)19-13-7-14(20-3)11(17)6-12(13)18-15(19)9(2)16/h6-10H,4-5H2,1-3H3. The van der Waals surface area contributed by atoms with E-state index in [-0.39, 0.29) is 16.9 Å². The average molecular weight is 297 g/mol. The Morgan fingerprint density at radius 2 is 2.15 bits per heavy atom. The van der Waals surface area contributed by atoms with Gasteiger partial charge in [0.15, 0.2) is 11.6 Å². The van der Waals surface area contributed by atoms with Gasteiger partial charge in [-0.05, 0) is 25.7 Å². The first-order valence-electron chi connectivity index (χ1n) is 6.90. The maximum atomic E-state index is 13.8. The molecule has 0 radical (unpaired) electrons. The zero-order valence-electron chi connectivity index (χ0n) is 11.9. The molecular weight excluding hydrogens is 279 g/mol. The predicted octanol–water partition coefficient (Wildman–Crippen LogP) is 4.45. The highest BCUT2D eigenvalue weighted by atomic mass is 35.5.